The lowest BCUT2D eigenvalue weighted by atomic mass is 10.1. The summed E-state index contributed by atoms with van der Waals surface area (Å²) in [6, 6.07) is 10.7. The van der Waals surface area contributed by atoms with Crippen molar-refractivity contribution in [1.82, 2.24) is 5.32 Å². The van der Waals surface area contributed by atoms with Gasteiger partial charge in [0.25, 0.3) is 0 Å². The van der Waals surface area contributed by atoms with Crippen molar-refractivity contribution in [2.24, 2.45) is 0 Å². The molecule has 0 aliphatic rings. The van der Waals surface area contributed by atoms with Gasteiger partial charge in [0.05, 0.1) is 23.5 Å². The number of alkyl halides is 3. The van der Waals surface area contributed by atoms with Crippen LogP contribution >= 0.6 is 0 Å². The average Bonchev–Trinajstić information content (AvgIpc) is 2.58. The van der Waals surface area contributed by atoms with Crippen LogP contribution in [0.3, 0.4) is 0 Å². The third-order valence-electron chi connectivity index (χ3n) is 4.13. The highest BCUT2D eigenvalue weighted by Gasteiger charge is 2.31. The van der Waals surface area contributed by atoms with Crippen LogP contribution in [-0.2, 0) is 21.0 Å². The monoisotopic (exact) mass is 414 g/mol. The minimum atomic E-state index is -4.53. The number of nitrogens with one attached hydrogen (secondary N) is 1. The van der Waals surface area contributed by atoms with Crippen molar-refractivity contribution >= 4 is 21.6 Å². The number of anilines is 1. The first kappa shape index (κ1) is 21.7. The summed E-state index contributed by atoms with van der Waals surface area (Å²) in [6.45, 7) is 3.15. The molecule has 1 N–H and O–H groups in total. The fourth-order valence-electron chi connectivity index (χ4n) is 2.57. The second kappa shape index (κ2) is 8.22. The third-order valence-corrected chi connectivity index (χ3v) is 5.27. The van der Waals surface area contributed by atoms with Crippen molar-refractivity contribution in [3.05, 3.63) is 65.2 Å². The van der Waals surface area contributed by atoms with E-state index in [2.05, 4.69) is 5.32 Å². The lowest BCUT2D eigenvalue weighted by Crippen LogP contribution is -2.41. The van der Waals surface area contributed by atoms with Crippen LogP contribution < -0.4 is 9.62 Å². The molecule has 1 atom stereocenters. The summed E-state index contributed by atoms with van der Waals surface area (Å²) in [5.74, 6) is -0.571. The van der Waals surface area contributed by atoms with Gasteiger partial charge in [-0.25, -0.2) is 8.42 Å². The Morgan fingerprint density at radius 1 is 1.07 bits per heavy atom. The minimum Gasteiger partial charge on any atom is -0.348 e. The van der Waals surface area contributed by atoms with E-state index >= 15 is 0 Å². The van der Waals surface area contributed by atoms with E-state index in [-0.39, 0.29) is 11.7 Å². The molecule has 0 aliphatic carbocycles. The Bertz CT molecular complexity index is 924. The van der Waals surface area contributed by atoms with Gasteiger partial charge in [-0.3, -0.25) is 9.10 Å². The summed E-state index contributed by atoms with van der Waals surface area (Å²) in [5, 5.41) is 2.70. The van der Waals surface area contributed by atoms with Gasteiger partial charge in [-0.2, -0.15) is 13.2 Å². The largest absolute Gasteiger partial charge is 0.416 e. The topological polar surface area (TPSA) is 66.5 Å². The Hall–Kier alpha value is -2.55. The highest BCUT2D eigenvalue weighted by Crippen LogP contribution is 2.31. The lowest BCUT2D eigenvalue weighted by Gasteiger charge is -2.23. The predicted molar refractivity (Wildman–Crippen MR) is 101 cm³/mol. The van der Waals surface area contributed by atoms with E-state index in [4.69, 9.17) is 0 Å². The molecule has 2 aromatic rings. The SMILES string of the molecule is Cc1ccc([C@@H](C)NC(=O)CN(c2ccc(C(F)(F)F)cc2)S(C)(=O)=O)cc1. The van der Waals surface area contributed by atoms with Gasteiger partial charge < -0.3 is 5.32 Å². The number of carbonyl (C=O) groups is 1. The number of carbonyl (C=O) groups excluding carboxylic acids is 1. The number of hydrogen-bond acceptors (Lipinski definition) is 3. The molecule has 0 aliphatic heterocycles. The molecule has 0 radical (unpaired) electrons. The fraction of sp³-hybridized carbons (Fsp3) is 0.316. The molecule has 0 fully saturated rings. The second-order valence-electron chi connectivity index (χ2n) is 6.51. The van der Waals surface area contributed by atoms with Crippen LogP contribution in [0.1, 0.15) is 29.7 Å². The Labute approximate surface area is 162 Å². The van der Waals surface area contributed by atoms with Crippen LogP contribution in [0.2, 0.25) is 0 Å². The highest BCUT2D eigenvalue weighted by molar-refractivity contribution is 7.92. The van der Waals surface area contributed by atoms with E-state index in [0.29, 0.717) is 0 Å². The highest BCUT2D eigenvalue weighted by atomic mass is 32.2. The molecule has 0 unspecified atom stereocenters. The first-order valence-corrected chi connectivity index (χ1v) is 10.2. The molecule has 28 heavy (non-hydrogen) atoms. The normalized spacial score (nSPS) is 13.1. The lowest BCUT2D eigenvalue weighted by molar-refractivity contribution is -0.137. The van der Waals surface area contributed by atoms with Crippen LogP contribution in [0, 0.1) is 6.92 Å². The number of sulfonamides is 1. The summed E-state index contributed by atoms with van der Waals surface area (Å²) in [7, 11) is -3.88. The number of benzene rings is 2. The Morgan fingerprint density at radius 2 is 1.61 bits per heavy atom. The van der Waals surface area contributed by atoms with Gasteiger partial charge in [0.1, 0.15) is 6.54 Å². The quantitative estimate of drug-likeness (QED) is 0.785. The molecule has 1 amide bonds. The van der Waals surface area contributed by atoms with E-state index in [1.165, 1.54) is 0 Å². The zero-order valence-corrected chi connectivity index (χ0v) is 16.4. The average molecular weight is 414 g/mol. The molecule has 5 nitrogen and oxygen atoms in total. The van der Waals surface area contributed by atoms with Crippen molar-refractivity contribution in [3.8, 4) is 0 Å². The zero-order valence-electron chi connectivity index (χ0n) is 15.6. The van der Waals surface area contributed by atoms with Crippen molar-refractivity contribution < 1.29 is 26.4 Å². The van der Waals surface area contributed by atoms with Gasteiger partial charge in [0.2, 0.25) is 15.9 Å². The maximum absolute atomic E-state index is 12.7. The van der Waals surface area contributed by atoms with E-state index < -0.39 is 34.2 Å². The van der Waals surface area contributed by atoms with Crippen molar-refractivity contribution in [1.29, 1.82) is 0 Å². The first-order chi connectivity index (χ1) is 12.9. The van der Waals surface area contributed by atoms with Crippen molar-refractivity contribution in [2.75, 3.05) is 17.1 Å². The summed E-state index contributed by atoms with van der Waals surface area (Å²) >= 11 is 0. The number of hydrogen-bond donors (Lipinski definition) is 1. The maximum Gasteiger partial charge on any atom is 0.416 e. The number of nitrogens with zero attached hydrogens (tertiary/aromatic N) is 1. The van der Waals surface area contributed by atoms with E-state index in [0.717, 1.165) is 46.0 Å². The van der Waals surface area contributed by atoms with Crippen LogP contribution in [0.15, 0.2) is 48.5 Å². The van der Waals surface area contributed by atoms with Gasteiger partial charge in [-0.15, -0.1) is 0 Å². The molecule has 0 heterocycles. The third kappa shape index (κ3) is 5.72. The Kier molecular flexibility index (Phi) is 6.38. The molecule has 0 bridgehead atoms. The fourth-order valence-corrected chi connectivity index (χ4v) is 3.43. The first-order valence-electron chi connectivity index (χ1n) is 8.39. The van der Waals surface area contributed by atoms with Crippen LogP contribution in [0.4, 0.5) is 18.9 Å². The van der Waals surface area contributed by atoms with Crippen LogP contribution in [0.5, 0.6) is 0 Å². The summed E-state index contributed by atoms with van der Waals surface area (Å²) in [6.07, 6.45) is -3.64. The van der Waals surface area contributed by atoms with Crippen molar-refractivity contribution in [2.45, 2.75) is 26.1 Å². The number of halogens is 3. The molecule has 2 aromatic carbocycles. The van der Waals surface area contributed by atoms with Gasteiger partial charge in [-0.05, 0) is 43.7 Å². The predicted octanol–water partition coefficient (Wildman–Crippen LogP) is 3.66. The summed E-state index contributed by atoms with van der Waals surface area (Å²) in [5.41, 5.74) is 0.989. The van der Waals surface area contributed by atoms with Gasteiger partial charge in [0, 0.05) is 0 Å². The van der Waals surface area contributed by atoms with Gasteiger partial charge in [-0.1, -0.05) is 29.8 Å². The number of rotatable bonds is 6. The van der Waals surface area contributed by atoms with Crippen LogP contribution in [-0.4, -0.2) is 27.1 Å². The second-order valence-corrected chi connectivity index (χ2v) is 8.42. The standard InChI is InChI=1S/C19H21F3N2O3S/c1-13-4-6-15(7-5-13)14(2)23-18(25)12-24(28(3,26)27)17-10-8-16(9-11-17)19(20,21)22/h4-11,14H,12H2,1-3H3,(H,23,25)/t14-/m1/s1. The molecule has 0 spiro atoms. The molecule has 0 saturated carbocycles. The molecule has 0 aromatic heterocycles. The molecule has 152 valence electrons. The van der Waals surface area contributed by atoms with Gasteiger partial charge >= 0.3 is 6.18 Å². The maximum atomic E-state index is 12.7. The molecule has 2 rings (SSSR count). The van der Waals surface area contributed by atoms with E-state index in [1.807, 2.05) is 31.2 Å². The van der Waals surface area contributed by atoms with E-state index in [1.54, 1.807) is 6.92 Å². The molecular weight excluding hydrogens is 393 g/mol. The summed E-state index contributed by atoms with van der Waals surface area (Å²) < 4.78 is 63.0. The Morgan fingerprint density at radius 3 is 2.07 bits per heavy atom. The molecule has 9 heteroatoms. The smallest absolute Gasteiger partial charge is 0.348 e. The van der Waals surface area contributed by atoms with Crippen LogP contribution in [0.25, 0.3) is 0 Å². The Balaban J connectivity index is 2.16. The number of aryl methyl sites for hydroxylation is 1. The van der Waals surface area contributed by atoms with Crippen molar-refractivity contribution in [3.63, 3.8) is 0 Å². The minimum absolute atomic E-state index is 0.0198. The van der Waals surface area contributed by atoms with E-state index in [9.17, 15) is 26.4 Å². The zero-order chi connectivity index (χ0) is 21.1. The molecular formula is C19H21F3N2O3S. The van der Waals surface area contributed by atoms with Gasteiger partial charge in [0.15, 0.2) is 0 Å². The molecule has 0 saturated heterocycles. The summed E-state index contributed by atoms with van der Waals surface area (Å²) in [4.78, 5) is 12.4. The number of amides is 1.